The Hall–Kier alpha value is -1.14. The quantitative estimate of drug-likeness (QED) is 0.587. The van der Waals surface area contributed by atoms with Crippen LogP contribution in [0.25, 0.3) is 0 Å². The third-order valence-corrected chi connectivity index (χ3v) is 4.35. The number of rotatable bonds is 5. The van der Waals surface area contributed by atoms with E-state index < -0.39 is 0 Å². The second-order valence-electron chi connectivity index (χ2n) is 5.30. The lowest BCUT2D eigenvalue weighted by Crippen LogP contribution is -2.25. The van der Waals surface area contributed by atoms with Crippen LogP contribution in [0.3, 0.4) is 0 Å². The SMILES string of the molecule is CCCOC1CCCN(c2ccc([N+](=O)[O-])cc2Br)CC1. The van der Waals surface area contributed by atoms with E-state index in [1.807, 2.05) is 6.07 Å². The lowest BCUT2D eigenvalue weighted by molar-refractivity contribution is -0.384. The molecule has 5 nitrogen and oxygen atoms in total. The van der Waals surface area contributed by atoms with E-state index in [1.54, 1.807) is 12.1 Å². The Morgan fingerprint density at radius 2 is 2.24 bits per heavy atom. The summed E-state index contributed by atoms with van der Waals surface area (Å²) in [5.41, 5.74) is 1.14. The Balaban J connectivity index is 2.03. The maximum Gasteiger partial charge on any atom is 0.270 e. The van der Waals surface area contributed by atoms with Crippen LogP contribution in [0.4, 0.5) is 11.4 Å². The zero-order valence-electron chi connectivity index (χ0n) is 12.3. The highest BCUT2D eigenvalue weighted by Crippen LogP contribution is 2.31. The number of ether oxygens (including phenoxy) is 1. The molecule has 1 aliphatic rings. The Morgan fingerprint density at radius 1 is 1.43 bits per heavy atom. The van der Waals surface area contributed by atoms with Crippen LogP contribution in [-0.2, 0) is 4.74 Å². The van der Waals surface area contributed by atoms with Gasteiger partial charge in [-0.25, -0.2) is 0 Å². The molecule has 0 N–H and O–H groups in total. The van der Waals surface area contributed by atoms with Gasteiger partial charge in [-0.1, -0.05) is 6.92 Å². The van der Waals surface area contributed by atoms with Gasteiger partial charge in [0.1, 0.15) is 0 Å². The van der Waals surface area contributed by atoms with E-state index in [9.17, 15) is 10.1 Å². The first kappa shape index (κ1) is 16.2. The summed E-state index contributed by atoms with van der Waals surface area (Å²) in [5.74, 6) is 0. The van der Waals surface area contributed by atoms with Gasteiger partial charge >= 0.3 is 0 Å². The molecule has 1 unspecified atom stereocenters. The molecule has 1 fully saturated rings. The van der Waals surface area contributed by atoms with Crippen LogP contribution in [-0.4, -0.2) is 30.7 Å². The summed E-state index contributed by atoms with van der Waals surface area (Å²) in [6.07, 6.45) is 4.56. The molecule has 0 amide bonds. The van der Waals surface area contributed by atoms with Crippen molar-refractivity contribution in [3.63, 3.8) is 0 Å². The van der Waals surface area contributed by atoms with Gasteiger partial charge in [-0.05, 0) is 47.7 Å². The third kappa shape index (κ3) is 4.41. The van der Waals surface area contributed by atoms with Crippen molar-refractivity contribution in [1.29, 1.82) is 0 Å². The van der Waals surface area contributed by atoms with Crippen molar-refractivity contribution >= 4 is 27.3 Å². The Morgan fingerprint density at radius 3 is 2.90 bits per heavy atom. The van der Waals surface area contributed by atoms with E-state index in [0.29, 0.717) is 6.10 Å². The van der Waals surface area contributed by atoms with Crippen LogP contribution in [0.15, 0.2) is 22.7 Å². The Kier molecular flexibility index (Phi) is 5.99. The highest BCUT2D eigenvalue weighted by Gasteiger charge is 2.20. The lowest BCUT2D eigenvalue weighted by atomic mass is 10.1. The molecule has 1 aromatic rings. The molecule has 1 aromatic carbocycles. The van der Waals surface area contributed by atoms with Gasteiger partial charge in [0.25, 0.3) is 5.69 Å². The summed E-state index contributed by atoms with van der Waals surface area (Å²) < 4.78 is 6.63. The molecule has 0 aromatic heterocycles. The summed E-state index contributed by atoms with van der Waals surface area (Å²) in [6, 6.07) is 4.97. The van der Waals surface area contributed by atoms with Crippen LogP contribution in [0.5, 0.6) is 0 Å². The van der Waals surface area contributed by atoms with E-state index in [1.165, 1.54) is 0 Å². The molecule has 0 aliphatic carbocycles. The number of benzene rings is 1. The summed E-state index contributed by atoms with van der Waals surface area (Å²) in [4.78, 5) is 12.7. The Labute approximate surface area is 133 Å². The number of nitro groups is 1. The average Bonchev–Trinajstić information content (AvgIpc) is 2.70. The van der Waals surface area contributed by atoms with E-state index in [2.05, 4.69) is 27.8 Å². The molecule has 1 saturated heterocycles. The molecule has 116 valence electrons. The maximum absolute atomic E-state index is 10.8. The van der Waals surface area contributed by atoms with Gasteiger partial charge in [0.2, 0.25) is 0 Å². The molecule has 1 atom stereocenters. The van der Waals surface area contributed by atoms with E-state index in [0.717, 1.165) is 55.5 Å². The summed E-state index contributed by atoms with van der Waals surface area (Å²) in [6.45, 7) is 4.83. The summed E-state index contributed by atoms with van der Waals surface area (Å²) in [7, 11) is 0. The fourth-order valence-electron chi connectivity index (χ4n) is 2.62. The van der Waals surface area contributed by atoms with Crippen molar-refractivity contribution in [3.8, 4) is 0 Å². The smallest absolute Gasteiger partial charge is 0.270 e. The number of nitro benzene ring substituents is 1. The molecular weight excluding hydrogens is 336 g/mol. The van der Waals surface area contributed by atoms with Crippen LogP contribution >= 0.6 is 15.9 Å². The second kappa shape index (κ2) is 7.75. The molecule has 0 radical (unpaired) electrons. The largest absolute Gasteiger partial charge is 0.378 e. The van der Waals surface area contributed by atoms with Crippen molar-refractivity contribution in [2.24, 2.45) is 0 Å². The summed E-state index contributed by atoms with van der Waals surface area (Å²) >= 11 is 3.46. The predicted octanol–water partition coefficient (Wildman–Crippen LogP) is 4.14. The monoisotopic (exact) mass is 356 g/mol. The number of non-ortho nitro benzene ring substituents is 1. The average molecular weight is 357 g/mol. The van der Waals surface area contributed by atoms with Gasteiger partial charge in [0, 0.05) is 36.3 Å². The molecule has 0 bridgehead atoms. The summed E-state index contributed by atoms with van der Waals surface area (Å²) in [5, 5.41) is 10.8. The number of anilines is 1. The first-order chi connectivity index (χ1) is 10.1. The maximum atomic E-state index is 10.8. The predicted molar refractivity (Wildman–Crippen MR) is 86.9 cm³/mol. The minimum absolute atomic E-state index is 0.115. The van der Waals surface area contributed by atoms with Gasteiger partial charge in [0.15, 0.2) is 0 Å². The molecule has 6 heteroatoms. The molecule has 1 heterocycles. The third-order valence-electron chi connectivity index (χ3n) is 3.72. The first-order valence-electron chi connectivity index (χ1n) is 7.42. The fraction of sp³-hybridized carbons (Fsp3) is 0.600. The minimum atomic E-state index is -0.369. The van der Waals surface area contributed by atoms with Crippen LogP contribution in [0, 0.1) is 10.1 Å². The van der Waals surface area contributed by atoms with Gasteiger partial charge in [0.05, 0.1) is 16.7 Å². The van der Waals surface area contributed by atoms with E-state index in [4.69, 9.17) is 4.74 Å². The molecule has 2 rings (SSSR count). The number of hydrogen-bond acceptors (Lipinski definition) is 4. The number of halogens is 1. The zero-order chi connectivity index (χ0) is 15.2. The van der Waals surface area contributed by atoms with Crippen LogP contribution in [0.2, 0.25) is 0 Å². The van der Waals surface area contributed by atoms with Gasteiger partial charge in [-0.3, -0.25) is 10.1 Å². The van der Waals surface area contributed by atoms with Crippen LogP contribution in [0.1, 0.15) is 32.6 Å². The van der Waals surface area contributed by atoms with Gasteiger partial charge in [-0.15, -0.1) is 0 Å². The second-order valence-corrected chi connectivity index (χ2v) is 6.16. The zero-order valence-corrected chi connectivity index (χ0v) is 13.8. The van der Waals surface area contributed by atoms with E-state index >= 15 is 0 Å². The highest BCUT2D eigenvalue weighted by molar-refractivity contribution is 9.10. The topological polar surface area (TPSA) is 55.6 Å². The standard InChI is InChI=1S/C15H21BrN2O3/c1-2-10-21-13-4-3-8-17(9-7-13)15-6-5-12(18(19)20)11-14(15)16/h5-6,11,13H,2-4,7-10H2,1H3. The molecule has 0 spiro atoms. The molecule has 0 saturated carbocycles. The normalized spacial score (nSPS) is 19.3. The fourth-order valence-corrected chi connectivity index (χ4v) is 3.24. The highest BCUT2D eigenvalue weighted by atomic mass is 79.9. The first-order valence-corrected chi connectivity index (χ1v) is 8.21. The molecule has 21 heavy (non-hydrogen) atoms. The van der Waals surface area contributed by atoms with Crippen molar-refractivity contribution in [2.75, 3.05) is 24.6 Å². The minimum Gasteiger partial charge on any atom is -0.378 e. The van der Waals surface area contributed by atoms with Crippen molar-refractivity contribution in [1.82, 2.24) is 0 Å². The van der Waals surface area contributed by atoms with Crippen molar-refractivity contribution in [2.45, 2.75) is 38.7 Å². The van der Waals surface area contributed by atoms with E-state index in [-0.39, 0.29) is 10.6 Å². The lowest BCUT2D eigenvalue weighted by Gasteiger charge is -2.24. The van der Waals surface area contributed by atoms with Crippen molar-refractivity contribution < 1.29 is 9.66 Å². The Bertz CT molecular complexity index is 496. The molecular formula is C15H21BrN2O3. The van der Waals surface area contributed by atoms with Gasteiger partial charge < -0.3 is 9.64 Å². The number of hydrogen-bond donors (Lipinski definition) is 0. The van der Waals surface area contributed by atoms with Crippen molar-refractivity contribution in [3.05, 3.63) is 32.8 Å². The van der Waals surface area contributed by atoms with Gasteiger partial charge in [-0.2, -0.15) is 0 Å². The number of nitrogens with zero attached hydrogens (tertiary/aromatic N) is 2. The van der Waals surface area contributed by atoms with Crippen LogP contribution < -0.4 is 4.90 Å². The molecule has 1 aliphatic heterocycles.